The van der Waals surface area contributed by atoms with Crippen LogP contribution in [0.25, 0.3) is 0 Å². The number of Topliss-reactive ketones (excluding diaryl/α,β-unsaturated/α-hetero) is 2. The van der Waals surface area contributed by atoms with Gasteiger partial charge < -0.3 is 9.67 Å². The number of carbonyl (C=O) groups excluding carboxylic acids is 2. The van der Waals surface area contributed by atoms with Gasteiger partial charge in [-0.15, -0.1) is 0 Å². The molecule has 22 heavy (non-hydrogen) atoms. The summed E-state index contributed by atoms with van der Waals surface area (Å²) in [6.07, 6.45) is 1.39. The fraction of sp³-hybridized carbons (Fsp3) is 0.188. The van der Waals surface area contributed by atoms with Gasteiger partial charge in [0.2, 0.25) is 5.78 Å². The minimum Gasteiger partial charge on any atom is -0.475 e. The lowest BCUT2D eigenvalue weighted by Crippen LogP contribution is -2.16. The molecule has 5 nitrogen and oxygen atoms in total. The van der Waals surface area contributed by atoms with E-state index >= 15 is 0 Å². The lowest BCUT2D eigenvalue weighted by atomic mass is 10.1. The lowest BCUT2D eigenvalue weighted by molar-refractivity contribution is -0.148. The molecule has 0 unspecified atom stereocenters. The second-order valence-electron chi connectivity index (χ2n) is 4.96. The van der Waals surface area contributed by atoms with Crippen LogP contribution in [0, 0.1) is 5.82 Å². The molecule has 114 valence electrons. The molecule has 1 heterocycles. The standard InChI is InChI=1S/C16H14FNO4/c1-18-9-11(14(19)8-15(20)16(21)22)7-13(18)6-10-2-4-12(17)5-3-10/h2-5,7,9H,6,8H2,1H3,(H,21,22). The Morgan fingerprint density at radius 2 is 1.82 bits per heavy atom. The van der Waals surface area contributed by atoms with Gasteiger partial charge >= 0.3 is 5.97 Å². The van der Waals surface area contributed by atoms with Crippen LogP contribution in [0.2, 0.25) is 0 Å². The van der Waals surface area contributed by atoms with Gasteiger partial charge in [-0.05, 0) is 23.8 Å². The van der Waals surface area contributed by atoms with E-state index < -0.39 is 24.0 Å². The molecule has 0 aliphatic rings. The third-order valence-electron chi connectivity index (χ3n) is 3.29. The molecule has 0 atom stereocenters. The zero-order valence-corrected chi connectivity index (χ0v) is 11.9. The number of carbonyl (C=O) groups is 3. The summed E-state index contributed by atoms with van der Waals surface area (Å²) in [5, 5.41) is 8.52. The fourth-order valence-corrected chi connectivity index (χ4v) is 2.07. The Bertz CT molecular complexity index is 731. The Labute approximate surface area is 126 Å². The number of ketones is 2. The fourth-order valence-electron chi connectivity index (χ4n) is 2.07. The molecular weight excluding hydrogens is 289 g/mol. The molecule has 0 spiro atoms. The SMILES string of the molecule is Cn1cc(C(=O)CC(=O)C(=O)O)cc1Cc1ccc(F)cc1. The molecule has 0 fully saturated rings. The van der Waals surface area contributed by atoms with E-state index in [-0.39, 0.29) is 11.4 Å². The van der Waals surface area contributed by atoms with Crippen molar-refractivity contribution in [2.75, 3.05) is 0 Å². The Kier molecular flexibility index (Phi) is 4.50. The van der Waals surface area contributed by atoms with Crippen LogP contribution >= 0.6 is 0 Å². The Balaban J connectivity index is 2.14. The van der Waals surface area contributed by atoms with Gasteiger partial charge in [0.15, 0.2) is 5.78 Å². The van der Waals surface area contributed by atoms with Gasteiger partial charge in [0.25, 0.3) is 0 Å². The number of nitrogens with zero attached hydrogens (tertiary/aromatic N) is 1. The predicted molar refractivity (Wildman–Crippen MR) is 76.2 cm³/mol. The molecule has 0 aliphatic carbocycles. The van der Waals surface area contributed by atoms with Crippen molar-refractivity contribution in [1.82, 2.24) is 4.57 Å². The second-order valence-corrected chi connectivity index (χ2v) is 4.96. The highest BCUT2D eigenvalue weighted by Gasteiger charge is 2.19. The van der Waals surface area contributed by atoms with Crippen molar-refractivity contribution < 1.29 is 23.9 Å². The van der Waals surface area contributed by atoms with E-state index in [0.29, 0.717) is 6.42 Å². The number of hydrogen-bond acceptors (Lipinski definition) is 3. The molecular formula is C16H14FNO4. The summed E-state index contributed by atoms with van der Waals surface area (Å²) < 4.78 is 14.6. The average molecular weight is 303 g/mol. The quantitative estimate of drug-likeness (QED) is 0.503. The zero-order chi connectivity index (χ0) is 16.3. The van der Waals surface area contributed by atoms with Crippen molar-refractivity contribution in [1.29, 1.82) is 0 Å². The molecule has 1 aromatic heterocycles. The maximum atomic E-state index is 12.9. The normalized spacial score (nSPS) is 10.5. The van der Waals surface area contributed by atoms with Crippen molar-refractivity contribution in [2.45, 2.75) is 12.8 Å². The van der Waals surface area contributed by atoms with Crippen LogP contribution in [-0.2, 0) is 23.1 Å². The number of aliphatic carboxylic acids is 1. The minimum absolute atomic E-state index is 0.286. The maximum Gasteiger partial charge on any atom is 0.372 e. The molecule has 0 saturated heterocycles. The monoisotopic (exact) mass is 303 g/mol. The average Bonchev–Trinajstić information content (AvgIpc) is 2.82. The van der Waals surface area contributed by atoms with Crippen LogP contribution in [0.3, 0.4) is 0 Å². The van der Waals surface area contributed by atoms with Gasteiger partial charge in [-0.2, -0.15) is 0 Å². The summed E-state index contributed by atoms with van der Waals surface area (Å²) in [6, 6.07) is 7.63. The maximum absolute atomic E-state index is 12.9. The third-order valence-corrected chi connectivity index (χ3v) is 3.29. The van der Waals surface area contributed by atoms with Gasteiger partial charge in [-0.3, -0.25) is 9.59 Å². The Morgan fingerprint density at radius 1 is 1.18 bits per heavy atom. The molecule has 2 rings (SSSR count). The van der Waals surface area contributed by atoms with E-state index in [1.807, 2.05) is 0 Å². The van der Waals surface area contributed by atoms with Crippen LogP contribution in [-0.4, -0.2) is 27.2 Å². The molecule has 0 saturated carbocycles. The van der Waals surface area contributed by atoms with Crippen LogP contribution in [0.5, 0.6) is 0 Å². The first-order valence-corrected chi connectivity index (χ1v) is 6.56. The number of carboxylic acids is 1. The topological polar surface area (TPSA) is 76.4 Å². The van der Waals surface area contributed by atoms with Gasteiger partial charge in [0, 0.05) is 30.9 Å². The van der Waals surface area contributed by atoms with Crippen LogP contribution < -0.4 is 0 Å². The molecule has 0 amide bonds. The first kappa shape index (κ1) is 15.6. The predicted octanol–water partition coefficient (Wildman–Crippen LogP) is 1.98. The van der Waals surface area contributed by atoms with Crippen molar-refractivity contribution in [2.24, 2.45) is 7.05 Å². The van der Waals surface area contributed by atoms with E-state index in [2.05, 4.69) is 0 Å². The van der Waals surface area contributed by atoms with Crippen molar-refractivity contribution >= 4 is 17.5 Å². The first-order valence-electron chi connectivity index (χ1n) is 6.56. The van der Waals surface area contributed by atoms with Crippen molar-refractivity contribution in [3.63, 3.8) is 0 Å². The number of aromatic nitrogens is 1. The number of halogens is 1. The largest absolute Gasteiger partial charge is 0.475 e. The lowest BCUT2D eigenvalue weighted by Gasteiger charge is -2.03. The summed E-state index contributed by atoms with van der Waals surface area (Å²) in [5.41, 5.74) is 1.97. The molecule has 2 aromatic rings. The van der Waals surface area contributed by atoms with Crippen LogP contribution in [0.4, 0.5) is 4.39 Å². The number of aryl methyl sites for hydroxylation is 1. The van der Waals surface area contributed by atoms with Crippen molar-refractivity contribution in [3.05, 3.63) is 59.2 Å². The minimum atomic E-state index is -1.61. The second kappa shape index (κ2) is 6.34. The summed E-state index contributed by atoms with van der Waals surface area (Å²) in [6.45, 7) is 0. The highest BCUT2D eigenvalue weighted by molar-refractivity contribution is 6.37. The Hall–Kier alpha value is -2.76. The van der Waals surface area contributed by atoms with Gasteiger partial charge in [0.05, 0.1) is 6.42 Å². The third kappa shape index (κ3) is 3.66. The number of carboxylic acid groups (broad SMARTS) is 1. The zero-order valence-electron chi connectivity index (χ0n) is 11.9. The Morgan fingerprint density at radius 3 is 2.41 bits per heavy atom. The number of benzene rings is 1. The highest BCUT2D eigenvalue weighted by Crippen LogP contribution is 2.15. The number of rotatable bonds is 6. The van der Waals surface area contributed by atoms with Gasteiger partial charge in [-0.1, -0.05) is 12.1 Å². The smallest absolute Gasteiger partial charge is 0.372 e. The summed E-state index contributed by atoms with van der Waals surface area (Å²) >= 11 is 0. The molecule has 0 bridgehead atoms. The molecule has 1 aromatic carbocycles. The molecule has 0 radical (unpaired) electrons. The van der Waals surface area contributed by atoms with Crippen molar-refractivity contribution in [3.8, 4) is 0 Å². The number of hydrogen-bond donors (Lipinski definition) is 1. The van der Waals surface area contributed by atoms with Gasteiger partial charge in [-0.25, -0.2) is 9.18 Å². The van der Waals surface area contributed by atoms with E-state index in [1.54, 1.807) is 36.0 Å². The molecule has 6 heteroatoms. The van der Waals surface area contributed by atoms with E-state index in [1.165, 1.54) is 12.1 Å². The summed E-state index contributed by atoms with van der Waals surface area (Å²) in [4.78, 5) is 33.4. The van der Waals surface area contributed by atoms with Crippen LogP contribution in [0.15, 0.2) is 36.5 Å². The summed E-state index contributed by atoms with van der Waals surface area (Å²) in [7, 11) is 1.74. The summed E-state index contributed by atoms with van der Waals surface area (Å²) in [5.74, 6) is -3.60. The molecule has 0 aliphatic heterocycles. The van der Waals surface area contributed by atoms with Gasteiger partial charge in [0.1, 0.15) is 5.82 Å². The highest BCUT2D eigenvalue weighted by atomic mass is 19.1. The van der Waals surface area contributed by atoms with E-state index in [0.717, 1.165) is 11.3 Å². The first-order chi connectivity index (χ1) is 10.4. The van der Waals surface area contributed by atoms with E-state index in [4.69, 9.17) is 5.11 Å². The molecule has 1 N–H and O–H groups in total. The van der Waals surface area contributed by atoms with Crippen LogP contribution in [0.1, 0.15) is 28.0 Å². The van der Waals surface area contributed by atoms with E-state index in [9.17, 15) is 18.8 Å².